The van der Waals surface area contributed by atoms with Crippen LogP contribution in [0.5, 0.6) is 0 Å². The number of pyridine rings is 1. The Morgan fingerprint density at radius 3 is 2.95 bits per heavy atom. The molecule has 0 atom stereocenters. The number of hydrogen-bond donors (Lipinski definition) is 2. The van der Waals surface area contributed by atoms with E-state index in [0.29, 0.717) is 34.6 Å². The SMILES string of the molecule is C#CCSCCNS(=O)(=O)c1ccc(N)c2cccnc12. The predicted octanol–water partition coefficient (Wildman–Crippen LogP) is 1.46. The average Bonchev–Trinajstić information content (AvgIpc) is 2.47. The summed E-state index contributed by atoms with van der Waals surface area (Å²) >= 11 is 1.50. The van der Waals surface area contributed by atoms with Gasteiger partial charge in [0.2, 0.25) is 10.0 Å². The molecule has 21 heavy (non-hydrogen) atoms. The minimum Gasteiger partial charge on any atom is -0.398 e. The van der Waals surface area contributed by atoms with Gasteiger partial charge in [-0.15, -0.1) is 18.2 Å². The van der Waals surface area contributed by atoms with Gasteiger partial charge in [0.15, 0.2) is 0 Å². The van der Waals surface area contributed by atoms with Gasteiger partial charge in [-0.05, 0) is 24.3 Å². The van der Waals surface area contributed by atoms with Crippen molar-refractivity contribution in [1.29, 1.82) is 0 Å². The molecule has 1 heterocycles. The van der Waals surface area contributed by atoms with Crippen LogP contribution in [0.15, 0.2) is 35.4 Å². The number of nitrogen functional groups attached to an aromatic ring is 1. The fourth-order valence-electron chi connectivity index (χ4n) is 1.84. The summed E-state index contributed by atoms with van der Waals surface area (Å²) in [6.45, 7) is 0.313. The lowest BCUT2D eigenvalue weighted by Crippen LogP contribution is -2.26. The number of benzene rings is 1. The van der Waals surface area contributed by atoms with E-state index in [4.69, 9.17) is 12.2 Å². The van der Waals surface area contributed by atoms with E-state index in [0.717, 1.165) is 0 Å². The smallest absolute Gasteiger partial charge is 0.242 e. The van der Waals surface area contributed by atoms with Crippen molar-refractivity contribution in [2.75, 3.05) is 23.8 Å². The van der Waals surface area contributed by atoms with Gasteiger partial charge in [0.25, 0.3) is 0 Å². The Morgan fingerprint density at radius 1 is 1.38 bits per heavy atom. The van der Waals surface area contributed by atoms with Gasteiger partial charge < -0.3 is 5.73 Å². The lowest BCUT2D eigenvalue weighted by atomic mass is 10.2. The first-order valence-corrected chi connectivity index (χ1v) is 8.84. The van der Waals surface area contributed by atoms with Crippen molar-refractivity contribution < 1.29 is 8.42 Å². The number of nitrogens with zero attached hydrogens (tertiary/aromatic N) is 1. The van der Waals surface area contributed by atoms with Crippen molar-refractivity contribution in [2.45, 2.75) is 4.90 Å². The lowest BCUT2D eigenvalue weighted by Gasteiger charge is -2.10. The molecule has 2 aromatic rings. The lowest BCUT2D eigenvalue weighted by molar-refractivity contribution is 0.585. The summed E-state index contributed by atoms with van der Waals surface area (Å²) in [5, 5.41) is 0.627. The minimum absolute atomic E-state index is 0.134. The first-order valence-electron chi connectivity index (χ1n) is 6.20. The molecule has 110 valence electrons. The van der Waals surface area contributed by atoms with Crippen molar-refractivity contribution in [3.63, 3.8) is 0 Å². The summed E-state index contributed by atoms with van der Waals surface area (Å²) in [7, 11) is -3.62. The molecule has 7 heteroatoms. The maximum Gasteiger partial charge on any atom is 0.242 e. The minimum atomic E-state index is -3.62. The molecule has 0 fully saturated rings. The van der Waals surface area contributed by atoms with E-state index in [1.165, 1.54) is 17.8 Å². The molecule has 0 unspecified atom stereocenters. The summed E-state index contributed by atoms with van der Waals surface area (Å²) in [5.41, 5.74) is 6.72. The second-order valence-corrected chi connectivity index (χ2v) is 7.05. The summed E-state index contributed by atoms with van der Waals surface area (Å²) in [6.07, 6.45) is 6.68. The van der Waals surface area contributed by atoms with Gasteiger partial charge in [-0.2, -0.15) is 0 Å². The number of nitrogens with two attached hydrogens (primary N) is 1. The number of anilines is 1. The Labute approximate surface area is 128 Å². The van der Waals surface area contributed by atoms with Crippen molar-refractivity contribution >= 4 is 38.4 Å². The third-order valence-corrected chi connectivity index (χ3v) is 5.14. The first-order chi connectivity index (χ1) is 10.1. The molecule has 0 saturated heterocycles. The number of rotatable bonds is 6. The van der Waals surface area contributed by atoms with Crippen LogP contribution in [-0.2, 0) is 10.0 Å². The fourth-order valence-corrected chi connectivity index (χ4v) is 3.67. The number of terminal acetylenes is 1. The van der Waals surface area contributed by atoms with Gasteiger partial charge >= 0.3 is 0 Å². The predicted molar refractivity (Wildman–Crippen MR) is 87.5 cm³/mol. The standard InChI is InChI=1S/C14H15N3O2S2/c1-2-9-20-10-8-17-21(18,19)13-6-5-12(15)11-4-3-7-16-14(11)13/h1,3-7,17H,8-10,15H2. The fraction of sp³-hybridized carbons (Fsp3) is 0.214. The third-order valence-electron chi connectivity index (χ3n) is 2.78. The van der Waals surface area contributed by atoms with E-state index in [9.17, 15) is 8.42 Å². The van der Waals surface area contributed by atoms with Gasteiger partial charge in [-0.3, -0.25) is 4.98 Å². The maximum atomic E-state index is 12.3. The zero-order chi connectivity index (χ0) is 15.3. The highest BCUT2D eigenvalue weighted by atomic mass is 32.2. The molecule has 0 saturated carbocycles. The zero-order valence-corrected chi connectivity index (χ0v) is 12.9. The number of nitrogens with one attached hydrogen (secondary N) is 1. The topological polar surface area (TPSA) is 85.1 Å². The van der Waals surface area contributed by atoms with Crippen LogP contribution in [0.1, 0.15) is 0 Å². The van der Waals surface area contributed by atoms with Crippen molar-refractivity contribution in [3.8, 4) is 12.3 Å². The van der Waals surface area contributed by atoms with Crippen molar-refractivity contribution in [2.24, 2.45) is 0 Å². The molecule has 1 aromatic carbocycles. The van der Waals surface area contributed by atoms with Crippen molar-refractivity contribution in [3.05, 3.63) is 30.5 Å². The van der Waals surface area contributed by atoms with E-state index in [2.05, 4.69) is 15.6 Å². The van der Waals surface area contributed by atoms with Crippen molar-refractivity contribution in [1.82, 2.24) is 9.71 Å². The highest BCUT2D eigenvalue weighted by Crippen LogP contribution is 2.25. The molecule has 0 aliphatic rings. The zero-order valence-electron chi connectivity index (χ0n) is 11.2. The average molecular weight is 321 g/mol. The van der Waals surface area contributed by atoms with Gasteiger partial charge in [0, 0.05) is 29.6 Å². The maximum absolute atomic E-state index is 12.3. The Kier molecular flexibility index (Phi) is 5.07. The van der Waals surface area contributed by atoms with Gasteiger partial charge in [0.1, 0.15) is 4.90 Å². The molecule has 0 spiro atoms. The number of thioether (sulfide) groups is 1. The van der Waals surface area contributed by atoms with Crippen LogP contribution in [0, 0.1) is 12.3 Å². The van der Waals surface area contributed by atoms with Crippen LogP contribution < -0.4 is 10.5 Å². The number of fused-ring (bicyclic) bond motifs is 1. The Morgan fingerprint density at radius 2 is 2.19 bits per heavy atom. The van der Waals surface area contributed by atoms with E-state index < -0.39 is 10.0 Å². The monoisotopic (exact) mass is 321 g/mol. The molecule has 0 aliphatic carbocycles. The molecule has 3 N–H and O–H groups in total. The number of hydrogen-bond acceptors (Lipinski definition) is 5. The van der Waals surface area contributed by atoms with Crippen LogP contribution in [0.3, 0.4) is 0 Å². The summed E-state index contributed by atoms with van der Waals surface area (Å²) in [5.74, 6) is 3.67. The highest BCUT2D eigenvalue weighted by molar-refractivity contribution is 7.99. The molecule has 2 rings (SSSR count). The van der Waals surface area contributed by atoms with E-state index >= 15 is 0 Å². The number of sulfonamides is 1. The first kappa shape index (κ1) is 15.6. The molecule has 0 bridgehead atoms. The molecule has 0 amide bonds. The Bertz CT molecular complexity index is 782. The largest absolute Gasteiger partial charge is 0.398 e. The number of aromatic nitrogens is 1. The molecule has 0 radical (unpaired) electrons. The summed E-state index contributed by atoms with van der Waals surface area (Å²) in [6, 6.07) is 6.52. The van der Waals surface area contributed by atoms with Gasteiger partial charge in [-0.1, -0.05) is 5.92 Å². The van der Waals surface area contributed by atoms with Crippen LogP contribution in [0.4, 0.5) is 5.69 Å². The second kappa shape index (κ2) is 6.80. The van der Waals surface area contributed by atoms with E-state index in [1.807, 2.05) is 0 Å². The third kappa shape index (κ3) is 3.67. The summed E-state index contributed by atoms with van der Waals surface area (Å²) < 4.78 is 27.2. The molecule has 5 nitrogen and oxygen atoms in total. The van der Waals surface area contributed by atoms with Crippen LogP contribution in [0.2, 0.25) is 0 Å². The molecule has 1 aromatic heterocycles. The Hall–Kier alpha value is -1.75. The molecular formula is C14H15N3O2S2. The van der Waals surface area contributed by atoms with Crippen LogP contribution >= 0.6 is 11.8 Å². The normalized spacial score (nSPS) is 11.4. The summed E-state index contributed by atoms with van der Waals surface area (Å²) in [4.78, 5) is 4.27. The highest BCUT2D eigenvalue weighted by Gasteiger charge is 2.18. The molecular weight excluding hydrogens is 306 g/mol. The second-order valence-electron chi connectivity index (χ2n) is 4.21. The molecule has 0 aliphatic heterocycles. The quantitative estimate of drug-likeness (QED) is 0.478. The van der Waals surface area contributed by atoms with Gasteiger partial charge in [0.05, 0.1) is 11.3 Å². The van der Waals surface area contributed by atoms with E-state index in [-0.39, 0.29) is 4.90 Å². The van der Waals surface area contributed by atoms with E-state index in [1.54, 1.807) is 24.4 Å². The van der Waals surface area contributed by atoms with Gasteiger partial charge in [-0.25, -0.2) is 13.1 Å². The Balaban J connectivity index is 2.25. The van der Waals surface area contributed by atoms with Crippen LogP contribution in [-0.4, -0.2) is 31.5 Å². The van der Waals surface area contributed by atoms with Crippen LogP contribution in [0.25, 0.3) is 10.9 Å².